The van der Waals surface area contributed by atoms with Crippen molar-refractivity contribution in [2.75, 3.05) is 7.11 Å². The molecule has 0 saturated heterocycles. The van der Waals surface area contributed by atoms with Crippen molar-refractivity contribution in [1.82, 2.24) is 5.32 Å². The van der Waals surface area contributed by atoms with E-state index in [0.717, 1.165) is 22.9 Å². The van der Waals surface area contributed by atoms with E-state index in [2.05, 4.69) is 5.32 Å². The van der Waals surface area contributed by atoms with Crippen LogP contribution in [0, 0.1) is 0 Å². The van der Waals surface area contributed by atoms with Crippen LogP contribution in [0.25, 0.3) is 0 Å². The number of benzene rings is 1. The van der Waals surface area contributed by atoms with Gasteiger partial charge < -0.3 is 14.8 Å². The van der Waals surface area contributed by atoms with E-state index in [-0.39, 0.29) is 6.10 Å². The SMILES string of the molecule is COc1cc(CNC2CCCCCCC2)c(Cl)cc1OC(C)C. The van der Waals surface area contributed by atoms with E-state index >= 15 is 0 Å². The molecule has 1 N–H and O–H groups in total. The topological polar surface area (TPSA) is 30.5 Å². The van der Waals surface area contributed by atoms with Crippen LogP contribution in [0.1, 0.15) is 64.4 Å². The van der Waals surface area contributed by atoms with Crippen LogP contribution < -0.4 is 14.8 Å². The Labute approximate surface area is 145 Å². The molecular formula is C19H30ClNO2. The van der Waals surface area contributed by atoms with Gasteiger partial charge in [-0.05, 0) is 38.3 Å². The van der Waals surface area contributed by atoms with E-state index in [4.69, 9.17) is 21.1 Å². The number of hydrogen-bond acceptors (Lipinski definition) is 3. The van der Waals surface area contributed by atoms with Gasteiger partial charge in [0.1, 0.15) is 0 Å². The lowest BCUT2D eigenvalue weighted by molar-refractivity contribution is 0.230. The second kappa shape index (κ2) is 9.39. The third kappa shape index (κ3) is 5.89. The number of hydrogen-bond donors (Lipinski definition) is 1. The van der Waals surface area contributed by atoms with Crippen LogP contribution in [0.5, 0.6) is 11.5 Å². The van der Waals surface area contributed by atoms with Gasteiger partial charge in [-0.15, -0.1) is 0 Å². The molecule has 0 aromatic heterocycles. The normalized spacial score (nSPS) is 16.9. The van der Waals surface area contributed by atoms with Crippen molar-refractivity contribution in [3.63, 3.8) is 0 Å². The molecular weight excluding hydrogens is 310 g/mol. The second-order valence-corrected chi connectivity index (χ2v) is 7.09. The number of ether oxygens (including phenoxy) is 2. The Morgan fingerprint density at radius 2 is 1.74 bits per heavy atom. The van der Waals surface area contributed by atoms with E-state index in [9.17, 15) is 0 Å². The molecule has 0 spiro atoms. The van der Waals surface area contributed by atoms with Crippen molar-refractivity contribution in [2.45, 2.75) is 77.5 Å². The largest absolute Gasteiger partial charge is 0.493 e. The summed E-state index contributed by atoms with van der Waals surface area (Å²) in [6, 6.07) is 4.47. The first-order valence-corrected chi connectivity index (χ1v) is 9.24. The highest BCUT2D eigenvalue weighted by atomic mass is 35.5. The standard InChI is InChI=1S/C19H30ClNO2/c1-14(2)23-19-12-17(20)15(11-18(19)22-3)13-21-16-9-7-5-4-6-8-10-16/h11-12,14,16,21H,4-10,13H2,1-3H3. The monoisotopic (exact) mass is 339 g/mol. The van der Waals surface area contributed by atoms with Gasteiger partial charge in [-0.25, -0.2) is 0 Å². The summed E-state index contributed by atoms with van der Waals surface area (Å²) < 4.78 is 11.2. The molecule has 1 aliphatic rings. The van der Waals surface area contributed by atoms with Gasteiger partial charge in [0.25, 0.3) is 0 Å². The summed E-state index contributed by atoms with van der Waals surface area (Å²) in [4.78, 5) is 0. The summed E-state index contributed by atoms with van der Waals surface area (Å²) >= 11 is 6.44. The molecule has 0 amide bonds. The summed E-state index contributed by atoms with van der Waals surface area (Å²) in [5, 5.41) is 4.41. The molecule has 0 heterocycles. The fraction of sp³-hybridized carbons (Fsp3) is 0.684. The molecule has 1 aliphatic carbocycles. The summed E-state index contributed by atoms with van der Waals surface area (Å²) in [7, 11) is 1.67. The molecule has 0 atom stereocenters. The van der Waals surface area contributed by atoms with Crippen molar-refractivity contribution in [3.05, 3.63) is 22.7 Å². The van der Waals surface area contributed by atoms with Gasteiger partial charge in [0.2, 0.25) is 0 Å². The minimum Gasteiger partial charge on any atom is -0.493 e. The third-order valence-corrected chi connectivity index (χ3v) is 4.73. The van der Waals surface area contributed by atoms with Crippen molar-refractivity contribution >= 4 is 11.6 Å². The fourth-order valence-corrected chi connectivity index (χ4v) is 3.35. The molecule has 0 aliphatic heterocycles. The van der Waals surface area contributed by atoms with Crippen molar-refractivity contribution in [3.8, 4) is 11.5 Å². The Bertz CT molecular complexity index is 483. The molecule has 3 nitrogen and oxygen atoms in total. The third-order valence-electron chi connectivity index (χ3n) is 4.38. The minimum absolute atomic E-state index is 0.0962. The Balaban J connectivity index is 2.01. The summed E-state index contributed by atoms with van der Waals surface area (Å²) in [5.41, 5.74) is 1.07. The van der Waals surface area contributed by atoms with Crippen LogP contribution >= 0.6 is 11.6 Å². The maximum atomic E-state index is 6.44. The molecule has 1 fully saturated rings. The molecule has 1 aromatic carbocycles. The van der Waals surface area contributed by atoms with Gasteiger partial charge in [-0.1, -0.05) is 43.7 Å². The Morgan fingerprint density at radius 3 is 2.35 bits per heavy atom. The van der Waals surface area contributed by atoms with Gasteiger partial charge >= 0.3 is 0 Å². The van der Waals surface area contributed by atoms with E-state index in [1.54, 1.807) is 7.11 Å². The van der Waals surface area contributed by atoms with Crippen LogP contribution in [0.3, 0.4) is 0 Å². The zero-order valence-electron chi connectivity index (χ0n) is 14.7. The fourth-order valence-electron chi connectivity index (χ4n) is 3.13. The second-order valence-electron chi connectivity index (χ2n) is 6.68. The number of rotatable bonds is 6. The molecule has 4 heteroatoms. The average Bonchev–Trinajstić information content (AvgIpc) is 2.47. The molecule has 23 heavy (non-hydrogen) atoms. The highest BCUT2D eigenvalue weighted by molar-refractivity contribution is 6.31. The van der Waals surface area contributed by atoms with E-state index in [0.29, 0.717) is 11.8 Å². The number of nitrogens with one attached hydrogen (secondary N) is 1. The highest BCUT2D eigenvalue weighted by Gasteiger charge is 2.14. The molecule has 1 aromatic rings. The van der Waals surface area contributed by atoms with Gasteiger partial charge in [-0.3, -0.25) is 0 Å². The number of methoxy groups -OCH3 is 1. The predicted molar refractivity (Wildman–Crippen MR) is 96.7 cm³/mol. The van der Waals surface area contributed by atoms with Crippen molar-refractivity contribution in [1.29, 1.82) is 0 Å². The van der Waals surface area contributed by atoms with Gasteiger partial charge in [0.15, 0.2) is 11.5 Å². The van der Waals surface area contributed by atoms with E-state index in [1.807, 2.05) is 26.0 Å². The number of halogens is 1. The van der Waals surface area contributed by atoms with Crippen LogP contribution in [-0.2, 0) is 6.54 Å². The summed E-state index contributed by atoms with van der Waals surface area (Å²) in [6.07, 6.45) is 9.42. The van der Waals surface area contributed by atoms with Crippen LogP contribution in [0.15, 0.2) is 12.1 Å². The minimum atomic E-state index is 0.0962. The quantitative estimate of drug-likeness (QED) is 0.759. The molecule has 0 unspecified atom stereocenters. The summed E-state index contributed by atoms with van der Waals surface area (Å²) in [6.45, 7) is 4.77. The Kier molecular flexibility index (Phi) is 7.51. The lowest BCUT2D eigenvalue weighted by atomic mass is 9.96. The zero-order valence-corrected chi connectivity index (χ0v) is 15.4. The Morgan fingerprint density at radius 1 is 1.09 bits per heavy atom. The lowest BCUT2D eigenvalue weighted by Gasteiger charge is -2.22. The van der Waals surface area contributed by atoms with Crippen LogP contribution in [0.4, 0.5) is 0 Å². The zero-order chi connectivity index (χ0) is 16.7. The first kappa shape index (κ1) is 18.4. The molecule has 0 radical (unpaired) electrons. The first-order valence-electron chi connectivity index (χ1n) is 8.86. The highest BCUT2D eigenvalue weighted by Crippen LogP contribution is 2.34. The maximum absolute atomic E-state index is 6.44. The first-order chi connectivity index (χ1) is 11.1. The Hall–Kier alpha value is -0.930. The predicted octanol–water partition coefficient (Wildman–Crippen LogP) is 5.34. The maximum Gasteiger partial charge on any atom is 0.163 e. The van der Waals surface area contributed by atoms with Gasteiger partial charge in [0, 0.05) is 23.7 Å². The lowest BCUT2D eigenvalue weighted by Crippen LogP contribution is -2.29. The molecule has 1 saturated carbocycles. The molecule has 2 rings (SSSR count). The average molecular weight is 340 g/mol. The van der Waals surface area contributed by atoms with Crippen LogP contribution in [-0.4, -0.2) is 19.3 Å². The van der Waals surface area contributed by atoms with Gasteiger partial charge in [0.05, 0.1) is 13.2 Å². The summed E-state index contributed by atoms with van der Waals surface area (Å²) in [5.74, 6) is 1.46. The van der Waals surface area contributed by atoms with E-state index in [1.165, 1.54) is 44.9 Å². The van der Waals surface area contributed by atoms with Crippen molar-refractivity contribution in [2.24, 2.45) is 0 Å². The van der Waals surface area contributed by atoms with Crippen LogP contribution in [0.2, 0.25) is 5.02 Å². The smallest absolute Gasteiger partial charge is 0.163 e. The van der Waals surface area contributed by atoms with E-state index < -0.39 is 0 Å². The molecule has 0 bridgehead atoms. The molecule has 130 valence electrons. The van der Waals surface area contributed by atoms with Crippen molar-refractivity contribution < 1.29 is 9.47 Å². The van der Waals surface area contributed by atoms with Gasteiger partial charge in [-0.2, -0.15) is 0 Å².